The number of carbonyl (C=O) groups is 1. The lowest BCUT2D eigenvalue weighted by Gasteiger charge is -2.13. The Balaban J connectivity index is 1.62. The van der Waals surface area contributed by atoms with Crippen molar-refractivity contribution in [1.29, 1.82) is 0 Å². The molecule has 2 aromatic rings. The van der Waals surface area contributed by atoms with E-state index in [1.165, 1.54) is 0 Å². The number of ether oxygens (including phenoxy) is 1. The molecule has 1 heterocycles. The first-order valence-corrected chi connectivity index (χ1v) is 7.49. The highest BCUT2D eigenvalue weighted by Gasteiger charge is 2.16. The Bertz CT molecular complexity index is 702. The lowest BCUT2D eigenvalue weighted by atomic mass is 10.0. The van der Waals surface area contributed by atoms with Crippen LogP contribution < -0.4 is 10.1 Å². The van der Waals surface area contributed by atoms with Gasteiger partial charge in [0.1, 0.15) is 5.75 Å². The maximum atomic E-state index is 12.0. The van der Waals surface area contributed by atoms with Crippen LogP contribution in [0.25, 0.3) is 0 Å². The van der Waals surface area contributed by atoms with Crippen LogP contribution in [0.15, 0.2) is 42.5 Å². The van der Waals surface area contributed by atoms with Gasteiger partial charge >= 0.3 is 0 Å². The molecule has 1 unspecified atom stereocenters. The molecule has 1 amide bonds. The molecule has 0 aliphatic carbocycles. The molecule has 114 valence electrons. The van der Waals surface area contributed by atoms with Crippen LogP contribution in [0.2, 0.25) is 5.02 Å². The zero-order chi connectivity index (χ0) is 15.5. The summed E-state index contributed by atoms with van der Waals surface area (Å²) >= 11 is 5.86. The van der Waals surface area contributed by atoms with Crippen molar-refractivity contribution in [2.45, 2.75) is 12.5 Å². The second kappa shape index (κ2) is 6.38. The molecule has 1 aliphatic heterocycles. The first-order chi connectivity index (χ1) is 10.6. The topological polar surface area (TPSA) is 58.6 Å². The van der Waals surface area contributed by atoms with Gasteiger partial charge in [0, 0.05) is 23.6 Å². The Labute approximate surface area is 133 Å². The molecule has 0 bridgehead atoms. The fourth-order valence-electron chi connectivity index (χ4n) is 2.45. The summed E-state index contributed by atoms with van der Waals surface area (Å²) in [6, 6.07) is 12.3. The highest BCUT2D eigenvalue weighted by Crippen LogP contribution is 2.28. The maximum Gasteiger partial charge on any atom is 0.251 e. The number of hydrogen-bond acceptors (Lipinski definition) is 3. The number of halogens is 1. The minimum atomic E-state index is -0.756. The molecular formula is C17H16ClNO3. The molecule has 0 spiro atoms. The quantitative estimate of drug-likeness (QED) is 0.911. The van der Waals surface area contributed by atoms with E-state index >= 15 is 0 Å². The van der Waals surface area contributed by atoms with E-state index in [9.17, 15) is 9.90 Å². The second-order valence-corrected chi connectivity index (χ2v) is 5.64. The number of aliphatic hydroxyl groups excluding tert-OH is 1. The van der Waals surface area contributed by atoms with Gasteiger partial charge in [-0.05, 0) is 41.5 Å². The first-order valence-electron chi connectivity index (χ1n) is 7.11. The number of carbonyl (C=O) groups excluding carboxylic acids is 1. The van der Waals surface area contributed by atoms with Crippen LogP contribution in [0.4, 0.5) is 0 Å². The molecule has 0 radical (unpaired) electrons. The lowest BCUT2D eigenvalue weighted by molar-refractivity contribution is 0.0916. The number of nitrogens with one attached hydrogen (secondary N) is 1. The van der Waals surface area contributed by atoms with Crippen LogP contribution in [-0.4, -0.2) is 24.2 Å². The predicted octanol–water partition coefficient (Wildman–Crippen LogP) is 2.74. The van der Waals surface area contributed by atoms with E-state index in [1.807, 2.05) is 18.2 Å². The molecule has 2 aromatic carbocycles. The van der Waals surface area contributed by atoms with E-state index in [1.54, 1.807) is 24.3 Å². The van der Waals surface area contributed by atoms with E-state index in [0.29, 0.717) is 17.2 Å². The smallest absolute Gasteiger partial charge is 0.251 e. The SMILES string of the molecule is O=C(NCC(O)c1ccc2c(c1)CCO2)c1cccc(Cl)c1. The fourth-order valence-corrected chi connectivity index (χ4v) is 2.64. The van der Waals surface area contributed by atoms with Crippen LogP contribution in [0.3, 0.4) is 0 Å². The Hall–Kier alpha value is -2.04. The van der Waals surface area contributed by atoms with Crippen LogP contribution >= 0.6 is 11.6 Å². The van der Waals surface area contributed by atoms with Crippen LogP contribution in [0, 0.1) is 0 Å². The van der Waals surface area contributed by atoms with E-state index in [-0.39, 0.29) is 12.5 Å². The molecule has 3 rings (SSSR count). The summed E-state index contributed by atoms with van der Waals surface area (Å²) in [6.45, 7) is 0.825. The van der Waals surface area contributed by atoms with Crippen LogP contribution in [0.5, 0.6) is 5.75 Å². The molecule has 2 N–H and O–H groups in total. The van der Waals surface area contributed by atoms with Gasteiger partial charge in [-0.3, -0.25) is 4.79 Å². The third-order valence-corrected chi connectivity index (χ3v) is 3.88. The molecule has 1 aliphatic rings. The van der Waals surface area contributed by atoms with Crippen molar-refractivity contribution in [3.8, 4) is 5.75 Å². The van der Waals surface area contributed by atoms with Crippen molar-refractivity contribution < 1.29 is 14.6 Å². The highest BCUT2D eigenvalue weighted by molar-refractivity contribution is 6.30. The molecule has 22 heavy (non-hydrogen) atoms. The number of fused-ring (bicyclic) bond motifs is 1. The van der Waals surface area contributed by atoms with Crippen LogP contribution in [0.1, 0.15) is 27.6 Å². The summed E-state index contributed by atoms with van der Waals surface area (Å²) in [4.78, 5) is 12.0. The number of hydrogen-bond donors (Lipinski definition) is 2. The average molecular weight is 318 g/mol. The fraction of sp³-hybridized carbons (Fsp3) is 0.235. The Morgan fingerprint density at radius 2 is 2.18 bits per heavy atom. The van der Waals surface area contributed by atoms with Gasteiger partial charge < -0.3 is 15.2 Å². The average Bonchev–Trinajstić information content (AvgIpc) is 2.99. The third-order valence-electron chi connectivity index (χ3n) is 3.64. The Kier molecular flexibility index (Phi) is 4.32. The van der Waals surface area contributed by atoms with Gasteiger partial charge in [-0.15, -0.1) is 0 Å². The standard InChI is InChI=1S/C17H16ClNO3/c18-14-3-1-2-13(9-14)17(21)19-10-15(20)11-4-5-16-12(8-11)6-7-22-16/h1-5,8-9,15,20H,6-7,10H2,(H,19,21). The molecule has 0 saturated heterocycles. The van der Waals surface area contributed by atoms with Gasteiger partial charge in [-0.1, -0.05) is 23.7 Å². The third kappa shape index (κ3) is 3.24. The number of amides is 1. The summed E-state index contributed by atoms with van der Waals surface area (Å²) in [5, 5.41) is 13.4. The molecule has 4 nitrogen and oxygen atoms in total. The molecule has 0 aromatic heterocycles. The van der Waals surface area contributed by atoms with Gasteiger partial charge in [0.2, 0.25) is 0 Å². The molecule has 0 fully saturated rings. The normalized spacial score (nSPS) is 14.1. The predicted molar refractivity (Wildman–Crippen MR) is 84.4 cm³/mol. The summed E-state index contributed by atoms with van der Waals surface area (Å²) < 4.78 is 5.44. The minimum absolute atomic E-state index is 0.144. The van der Waals surface area contributed by atoms with Gasteiger partial charge in [0.25, 0.3) is 5.91 Å². The molecule has 1 atom stereocenters. The summed E-state index contributed by atoms with van der Waals surface area (Å²) in [5.41, 5.74) is 2.34. The second-order valence-electron chi connectivity index (χ2n) is 5.20. The largest absolute Gasteiger partial charge is 0.493 e. The number of rotatable bonds is 4. The van der Waals surface area contributed by atoms with Gasteiger partial charge in [0.05, 0.1) is 12.7 Å². The zero-order valence-corrected chi connectivity index (χ0v) is 12.6. The molecular weight excluding hydrogens is 302 g/mol. The first kappa shape index (κ1) is 14.9. The van der Waals surface area contributed by atoms with Crippen molar-refractivity contribution in [3.05, 3.63) is 64.2 Å². The lowest BCUT2D eigenvalue weighted by Crippen LogP contribution is -2.28. The van der Waals surface area contributed by atoms with E-state index in [4.69, 9.17) is 16.3 Å². The number of aliphatic hydroxyl groups is 1. The summed E-state index contributed by atoms with van der Waals surface area (Å²) in [5.74, 6) is 0.616. The van der Waals surface area contributed by atoms with Gasteiger partial charge in [-0.2, -0.15) is 0 Å². The number of benzene rings is 2. The van der Waals surface area contributed by atoms with Gasteiger partial charge in [0.15, 0.2) is 0 Å². The zero-order valence-electron chi connectivity index (χ0n) is 11.9. The van der Waals surface area contributed by atoms with Crippen molar-refractivity contribution >= 4 is 17.5 Å². The van der Waals surface area contributed by atoms with Crippen molar-refractivity contribution in [1.82, 2.24) is 5.32 Å². The van der Waals surface area contributed by atoms with E-state index in [2.05, 4.69) is 5.32 Å². The Morgan fingerprint density at radius 1 is 1.32 bits per heavy atom. The molecule has 0 saturated carbocycles. The van der Waals surface area contributed by atoms with Crippen molar-refractivity contribution in [3.63, 3.8) is 0 Å². The minimum Gasteiger partial charge on any atom is -0.493 e. The highest BCUT2D eigenvalue weighted by atomic mass is 35.5. The summed E-state index contributed by atoms with van der Waals surface area (Å²) in [7, 11) is 0. The maximum absolute atomic E-state index is 12.0. The van der Waals surface area contributed by atoms with E-state index < -0.39 is 6.10 Å². The van der Waals surface area contributed by atoms with Gasteiger partial charge in [-0.25, -0.2) is 0 Å². The summed E-state index contributed by atoms with van der Waals surface area (Å²) in [6.07, 6.45) is 0.0964. The van der Waals surface area contributed by atoms with Crippen molar-refractivity contribution in [2.24, 2.45) is 0 Å². The van der Waals surface area contributed by atoms with Crippen LogP contribution in [-0.2, 0) is 6.42 Å². The van der Waals surface area contributed by atoms with E-state index in [0.717, 1.165) is 23.3 Å². The monoisotopic (exact) mass is 317 g/mol. The van der Waals surface area contributed by atoms with Crippen molar-refractivity contribution in [2.75, 3.05) is 13.2 Å². The Morgan fingerprint density at radius 3 is 3.00 bits per heavy atom. The molecule has 5 heteroatoms.